The maximum atomic E-state index is 15.4. The molecule has 0 aliphatic carbocycles. The van der Waals surface area contributed by atoms with Crippen LogP contribution in [-0.2, 0) is 30.1 Å². The second-order valence-corrected chi connectivity index (χ2v) is 18.0. The number of Topliss-reactive ketones (excluding diaryl/α,β-unsaturated/α-hetero) is 1. The molecule has 11 heteroatoms. The van der Waals surface area contributed by atoms with Gasteiger partial charge in [-0.05, 0) is 50.7 Å². The third-order valence-electron chi connectivity index (χ3n) is 8.52. The Kier molecular flexibility index (Phi) is 11.4. The summed E-state index contributed by atoms with van der Waals surface area (Å²) < 4.78 is 33.3. The highest BCUT2D eigenvalue weighted by Gasteiger charge is 2.37. The van der Waals surface area contributed by atoms with Crippen LogP contribution in [0.1, 0.15) is 65.4 Å². The van der Waals surface area contributed by atoms with E-state index in [0.717, 1.165) is 31.6 Å². The van der Waals surface area contributed by atoms with Gasteiger partial charge in [0.25, 0.3) is 0 Å². The summed E-state index contributed by atoms with van der Waals surface area (Å²) in [6, 6.07) is 5.36. The van der Waals surface area contributed by atoms with Gasteiger partial charge in [-0.15, -0.1) is 0 Å². The van der Waals surface area contributed by atoms with Crippen molar-refractivity contribution in [1.29, 1.82) is 0 Å². The Labute approximate surface area is 256 Å². The minimum absolute atomic E-state index is 0.0515. The number of rotatable bonds is 14. The SMILES string of the molecule is CC(=O)CCC(CON=C1CN(c2ncc(-c3cccc(CO[Si](C)(C)C(C)(C)C)c3F)cn2)C1)COC1CCCCO1. The largest absolute Gasteiger partial charge is 0.412 e. The molecule has 2 atom stereocenters. The molecular formula is C32H47FN4O5Si. The van der Waals surface area contributed by atoms with Crippen LogP contribution in [-0.4, -0.2) is 69.0 Å². The first-order chi connectivity index (χ1) is 20.4. The van der Waals surface area contributed by atoms with E-state index in [-0.39, 0.29) is 35.5 Å². The standard InChI is InChI=1S/C32H47FN4O5Si/c1-23(38)13-14-24(20-40-29-12-7-8-15-39-29)21-41-36-27-18-37(19-27)31-34-16-26(17-35-31)28-11-9-10-25(30(28)33)22-42-43(5,6)32(2,3)4/h9-11,16-17,24,29H,7-8,12-15,18-22H2,1-6H3. The normalized spacial score (nSPS) is 18.3. The third kappa shape index (κ3) is 9.38. The second-order valence-electron chi connectivity index (χ2n) is 13.1. The van der Waals surface area contributed by atoms with Crippen molar-refractivity contribution in [3.8, 4) is 11.1 Å². The molecule has 236 valence electrons. The maximum absolute atomic E-state index is 15.4. The Balaban J connectivity index is 1.27. The van der Waals surface area contributed by atoms with Gasteiger partial charge in [-0.1, -0.05) is 44.1 Å². The fourth-order valence-electron chi connectivity index (χ4n) is 4.55. The zero-order valence-electron chi connectivity index (χ0n) is 26.5. The lowest BCUT2D eigenvalue weighted by Crippen LogP contribution is -2.48. The van der Waals surface area contributed by atoms with Crippen molar-refractivity contribution < 1.29 is 27.9 Å². The number of halogens is 1. The topological polar surface area (TPSA) is 95.4 Å². The molecule has 2 unspecified atom stereocenters. The summed E-state index contributed by atoms with van der Waals surface area (Å²) in [4.78, 5) is 28.1. The first-order valence-corrected chi connectivity index (χ1v) is 18.2. The first kappa shape index (κ1) is 33.2. The van der Waals surface area contributed by atoms with Crippen LogP contribution in [0.25, 0.3) is 11.1 Å². The fraction of sp³-hybridized carbons (Fsp3) is 0.625. The molecule has 43 heavy (non-hydrogen) atoms. The summed E-state index contributed by atoms with van der Waals surface area (Å²) >= 11 is 0. The van der Waals surface area contributed by atoms with E-state index in [0.29, 0.717) is 61.8 Å². The van der Waals surface area contributed by atoms with Crippen LogP contribution in [0.3, 0.4) is 0 Å². The number of carbonyl (C=O) groups excluding carboxylic acids is 1. The molecule has 2 aliphatic heterocycles. The molecule has 0 amide bonds. The van der Waals surface area contributed by atoms with Gasteiger partial charge in [0.2, 0.25) is 5.95 Å². The number of aromatic nitrogens is 2. The number of hydrogen-bond donors (Lipinski definition) is 0. The van der Waals surface area contributed by atoms with E-state index >= 15 is 4.39 Å². The lowest BCUT2D eigenvalue weighted by molar-refractivity contribution is -0.172. The van der Waals surface area contributed by atoms with E-state index in [9.17, 15) is 4.79 Å². The van der Waals surface area contributed by atoms with Crippen molar-refractivity contribution >= 4 is 25.8 Å². The third-order valence-corrected chi connectivity index (χ3v) is 13.0. The van der Waals surface area contributed by atoms with Gasteiger partial charge < -0.3 is 28.4 Å². The molecule has 0 bridgehead atoms. The number of ether oxygens (including phenoxy) is 2. The quantitative estimate of drug-likeness (QED) is 0.175. The number of carbonyl (C=O) groups is 1. The maximum Gasteiger partial charge on any atom is 0.225 e. The average Bonchev–Trinajstić information content (AvgIpc) is 2.95. The number of benzene rings is 1. The van der Waals surface area contributed by atoms with Crippen molar-refractivity contribution in [1.82, 2.24) is 9.97 Å². The minimum atomic E-state index is -2.00. The highest BCUT2D eigenvalue weighted by molar-refractivity contribution is 6.74. The molecule has 1 aromatic carbocycles. The van der Waals surface area contributed by atoms with Gasteiger partial charge in [0, 0.05) is 48.0 Å². The summed E-state index contributed by atoms with van der Waals surface area (Å²) in [5.41, 5.74) is 2.49. The van der Waals surface area contributed by atoms with Crippen molar-refractivity contribution in [3.63, 3.8) is 0 Å². The van der Waals surface area contributed by atoms with Crippen molar-refractivity contribution in [2.24, 2.45) is 11.1 Å². The molecule has 0 saturated carbocycles. The summed E-state index contributed by atoms with van der Waals surface area (Å²) in [7, 11) is -2.00. The smallest absolute Gasteiger partial charge is 0.225 e. The Morgan fingerprint density at radius 3 is 2.58 bits per heavy atom. The highest BCUT2D eigenvalue weighted by atomic mass is 28.4. The van der Waals surface area contributed by atoms with Crippen LogP contribution >= 0.6 is 0 Å². The van der Waals surface area contributed by atoms with Gasteiger partial charge in [-0.25, -0.2) is 14.4 Å². The predicted molar refractivity (Wildman–Crippen MR) is 168 cm³/mol. The van der Waals surface area contributed by atoms with E-state index < -0.39 is 8.32 Å². The van der Waals surface area contributed by atoms with E-state index in [1.165, 1.54) is 0 Å². The molecule has 2 aliphatic rings. The number of oxime groups is 1. The molecule has 0 spiro atoms. The van der Waals surface area contributed by atoms with Crippen LogP contribution < -0.4 is 4.90 Å². The lowest BCUT2D eigenvalue weighted by atomic mass is 10.0. The van der Waals surface area contributed by atoms with Crippen LogP contribution in [0, 0.1) is 11.7 Å². The van der Waals surface area contributed by atoms with Gasteiger partial charge in [-0.3, -0.25) is 0 Å². The summed E-state index contributed by atoms with van der Waals surface area (Å²) in [5.74, 6) is 0.465. The monoisotopic (exact) mass is 614 g/mol. The van der Waals surface area contributed by atoms with Gasteiger partial charge in [-0.2, -0.15) is 0 Å². The van der Waals surface area contributed by atoms with Crippen molar-refractivity contribution in [3.05, 3.63) is 42.0 Å². The summed E-state index contributed by atoms with van der Waals surface area (Å²) in [6.45, 7) is 15.4. The van der Waals surface area contributed by atoms with Crippen LogP contribution in [0.2, 0.25) is 18.1 Å². The van der Waals surface area contributed by atoms with Gasteiger partial charge >= 0.3 is 0 Å². The summed E-state index contributed by atoms with van der Waals surface area (Å²) in [5, 5.41) is 4.34. The van der Waals surface area contributed by atoms with E-state index in [1.807, 2.05) is 11.0 Å². The summed E-state index contributed by atoms with van der Waals surface area (Å²) in [6.07, 6.45) is 7.38. The van der Waals surface area contributed by atoms with E-state index in [1.54, 1.807) is 31.5 Å². The molecule has 2 fully saturated rings. The molecule has 2 saturated heterocycles. The second kappa shape index (κ2) is 14.8. The van der Waals surface area contributed by atoms with Crippen LogP contribution in [0.4, 0.5) is 10.3 Å². The number of anilines is 1. The molecule has 4 rings (SSSR count). The van der Waals surface area contributed by atoms with Crippen molar-refractivity contribution in [2.75, 3.05) is 37.8 Å². The Morgan fingerprint density at radius 1 is 1.19 bits per heavy atom. The zero-order chi connectivity index (χ0) is 31.0. The number of ketones is 1. The predicted octanol–water partition coefficient (Wildman–Crippen LogP) is 6.53. The van der Waals surface area contributed by atoms with Gasteiger partial charge in [0.05, 0.1) is 32.0 Å². The Morgan fingerprint density at radius 2 is 1.93 bits per heavy atom. The fourth-order valence-corrected chi connectivity index (χ4v) is 5.50. The highest BCUT2D eigenvalue weighted by Crippen LogP contribution is 2.37. The first-order valence-electron chi connectivity index (χ1n) is 15.3. The van der Waals surface area contributed by atoms with E-state index in [4.69, 9.17) is 18.7 Å². The molecule has 9 nitrogen and oxygen atoms in total. The molecule has 3 heterocycles. The Hall–Kier alpha value is -2.73. The Bertz CT molecular complexity index is 1240. The minimum Gasteiger partial charge on any atom is -0.412 e. The zero-order valence-corrected chi connectivity index (χ0v) is 27.5. The lowest BCUT2D eigenvalue weighted by Gasteiger charge is -2.36. The molecule has 1 aromatic heterocycles. The molecule has 2 aromatic rings. The molecular weight excluding hydrogens is 567 g/mol. The van der Waals surface area contributed by atoms with Gasteiger partial charge in [0.15, 0.2) is 14.6 Å². The number of hydrogen-bond acceptors (Lipinski definition) is 9. The van der Waals surface area contributed by atoms with E-state index in [2.05, 4.69) is 49.0 Å². The molecule has 0 N–H and O–H groups in total. The average molecular weight is 615 g/mol. The van der Waals surface area contributed by atoms with Crippen LogP contribution in [0.5, 0.6) is 0 Å². The van der Waals surface area contributed by atoms with Crippen molar-refractivity contribution in [2.45, 2.75) is 90.8 Å². The molecule has 0 radical (unpaired) electrons. The van der Waals surface area contributed by atoms with Gasteiger partial charge in [0.1, 0.15) is 18.2 Å². The van der Waals surface area contributed by atoms with Crippen LogP contribution in [0.15, 0.2) is 35.7 Å². The number of nitrogens with zero attached hydrogens (tertiary/aromatic N) is 4.